The second-order valence-corrected chi connectivity index (χ2v) is 6.35. The summed E-state index contributed by atoms with van der Waals surface area (Å²) < 4.78 is 4.82. The Bertz CT molecular complexity index is 247. The van der Waals surface area contributed by atoms with E-state index in [1.54, 1.807) is 6.92 Å². The number of unbranched alkanes of at least 4 members (excludes halogenated alkanes) is 12. The number of aliphatic hydroxyl groups excluding tert-OH is 1. The molecule has 0 aliphatic carbocycles. The molecular weight excluding hydrogens is 299 g/mol. The van der Waals surface area contributed by atoms with Crippen molar-refractivity contribution in [2.24, 2.45) is 0 Å². The van der Waals surface area contributed by atoms with Crippen molar-refractivity contribution in [3.05, 3.63) is 0 Å². The van der Waals surface area contributed by atoms with Crippen molar-refractivity contribution < 1.29 is 14.6 Å². The molecule has 0 rings (SSSR count). The van der Waals surface area contributed by atoms with E-state index in [4.69, 9.17) is 4.74 Å². The second kappa shape index (κ2) is 20.5. The molecule has 0 aromatic rings. The first-order valence-corrected chi connectivity index (χ1v) is 9.58. The van der Waals surface area contributed by atoms with Crippen LogP contribution in [0, 0.1) is 0 Å². The number of rotatable bonds is 16. The van der Waals surface area contributed by atoms with Crippen molar-refractivity contribution in [2.45, 2.75) is 116 Å². The summed E-state index contributed by atoms with van der Waals surface area (Å²) in [6.45, 7) is 4.06. The number of hydrogen-bond acceptors (Lipinski definition) is 3. The molecule has 0 aliphatic rings. The van der Waals surface area contributed by atoms with Crippen molar-refractivity contribution in [3.63, 3.8) is 0 Å². The Morgan fingerprint density at radius 1 is 0.783 bits per heavy atom. The van der Waals surface area contributed by atoms with Crippen LogP contribution in [-0.2, 0) is 9.53 Å². The van der Waals surface area contributed by atoms with Gasteiger partial charge in [0.05, 0.1) is 0 Å². The van der Waals surface area contributed by atoms with E-state index in [-0.39, 0.29) is 35.5 Å². The summed E-state index contributed by atoms with van der Waals surface area (Å²) in [5, 5.41) is 9.19. The van der Waals surface area contributed by atoms with E-state index in [0.29, 0.717) is 12.8 Å². The van der Waals surface area contributed by atoms with Gasteiger partial charge >= 0.3 is 35.5 Å². The Balaban J connectivity index is 0. The Hall–Kier alpha value is 0.430. The summed E-state index contributed by atoms with van der Waals surface area (Å²) in [4.78, 5) is 11.3. The maximum absolute atomic E-state index is 11.3. The Labute approximate surface area is 166 Å². The van der Waals surface area contributed by atoms with Gasteiger partial charge in [-0.05, 0) is 6.42 Å². The predicted molar refractivity (Wildman–Crippen MR) is 99.9 cm³/mol. The molecule has 0 saturated carbocycles. The molecule has 3 nitrogen and oxygen atoms in total. The van der Waals surface area contributed by atoms with E-state index < -0.39 is 6.29 Å². The third-order valence-corrected chi connectivity index (χ3v) is 4.10. The van der Waals surface area contributed by atoms with Crippen LogP contribution in [0.5, 0.6) is 0 Å². The molecule has 0 bridgehead atoms. The summed E-state index contributed by atoms with van der Waals surface area (Å²) in [6.07, 6.45) is 16.9. The van der Waals surface area contributed by atoms with Crippen LogP contribution in [0.3, 0.4) is 0 Å². The summed E-state index contributed by atoms with van der Waals surface area (Å²) in [7, 11) is 0. The fourth-order valence-corrected chi connectivity index (χ4v) is 2.58. The molecule has 0 amide bonds. The number of aliphatic hydroxyl groups is 1. The monoisotopic (exact) mass is 338 g/mol. The third-order valence-electron chi connectivity index (χ3n) is 4.10. The van der Waals surface area contributed by atoms with Gasteiger partial charge in [-0.2, -0.15) is 0 Å². The van der Waals surface area contributed by atoms with Gasteiger partial charge in [-0.1, -0.05) is 90.9 Å². The van der Waals surface area contributed by atoms with Gasteiger partial charge in [0.15, 0.2) is 6.29 Å². The summed E-state index contributed by atoms with van der Waals surface area (Å²) in [5.74, 6) is -0.266. The van der Waals surface area contributed by atoms with Crippen LogP contribution in [0.2, 0.25) is 0 Å². The van der Waals surface area contributed by atoms with Crippen molar-refractivity contribution in [2.75, 3.05) is 0 Å². The van der Waals surface area contributed by atoms with Crippen LogP contribution < -0.4 is 0 Å². The molecule has 0 fully saturated rings. The Kier molecular flexibility index (Phi) is 22.8. The zero-order valence-corrected chi connectivity index (χ0v) is 14.9. The molecular formula is C19H39NaO3. The van der Waals surface area contributed by atoms with E-state index in [2.05, 4.69) is 6.92 Å². The standard InChI is InChI=1S/C19H38O3.Na.H/c1-3-5-6-7-8-9-10-11-12-13-14-15-16-17-19(21)22-18(20)4-2;;/h18,20H,3-17H2,1-2H3;;. The molecule has 4 heteroatoms. The summed E-state index contributed by atoms with van der Waals surface area (Å²) in [5.41, 5.74) is 0. The van der Waals surface area contributed by atoms with Gasteiger partial charge in [-0.25, -0.2) is 0 Å². The van der Waals surface area contributed by atoms with Crippen LogP contribution in [0.4, 0.5) is 0 Å². The van der Waals surface area contributed by atoms with E-state index in [0.717, 1.165) is 12.8 Å². The average Bonchev–Trinajstić information content (AvgIpc) is 2.51. The average molecular weight is 339 g/mol. The molecule has 1 atom stereocenters. The summed E-state index contributed by atoms with van der Waals surface area (Å²) in [6, 6.07) is 0. The van der Waals surface area contributed by atoms with E-state index in [1.807, 2.05) is 0 Å². The minimum atomic E-state index is -0.922. The first kappa shape index (κ1) is 25.7. The molecule has 0 spiro atoms. The first-order valence-electron chi connectivity index (χ1n) is 9.58. The predicted octanol–water partition coefficient (Wildman–Crippen LogP) is 5.09. The van der Waals surface area contributed by atoms with Gasteiger partial charge in [0.2, 0.25) is 0 Å². The zero-order chi connectivity index (χ0) is 16.5. The second-order valence-electron chi connectivity index (χ2n) is 6.35. The van der Waals surface area contributed by atoms with Crippen LogP contribution in [0.25, 0.3) is 0 Å². The van der Waals surface area contributed by atoms with E-state index in [1.165, 1.54) is 70.6 Å². The van der Waals surface area contributed by atoms with Crippen molar-refractivity contribution in [3.8, 4) is 0 Å². The van der Waals surface area contributed by atoms with Crippen LogP contribution in [0.15, 0.2) is 0 Å². The minimum absolute atomic E-state index is 0. The Morgan fingerprint density at radius 2 is 1.17 bits per heavy atom. The van der Waals surface area contributed by atoms with Gasteiger partial charge in [0, 0.05) is 12.8 Å². The van der Waals surface area contributed by atoms with Gasteiger partial charge in [0.25, 0.3) is 0 Å². The normalized spacial score (nSPS) is 11.8. The number of hydrogen-bond donors (Lipinski definition) is 1. The maximum atomic E-state index is 11.3. The third kappa shape index (κ3) is 20.4. The number of carbonyl (C=O) groups is 1. The topological polar surface area (TPSA) is 46.5 Å². The molecule has 1 N–H and O–H groups in total. The molecule has 0 aromatic heterocycles. The van der Waals surface area contributed by atoms with Gasteiger partial charge < -0.3 is 9.84 Å². The van der Waals surface area contributed by atoms with E-state index >= 15 is 0 Å². The van der Waals surface area contributed by atoms with Crippen LogP contribution in [-0.4, -0.2) is 46.9 Å². The quantitative estimate of drug-likeness (QED) is 0.184. The fraction of sp³-hybridized carbons (Fsp3) is 0.947. The molecule has 134 valence electrons. The van der Waals surface area contributed by atoms with Gasteiger partial charge in [-0.3, -0.25) is 4.79 Å². The molecule has 0 heterocycles. The molecule has 0 saturated heterocycles. The SMILES string of the molecule is CCCCCCCCCCCCCCCC(=O)OC(O)CC.[NaH]. The van der Waals surface area contributed by atoms with Crippen LogP contribution in [0.1, 0.15) is 110 Å². The van der Waals surface area contributed by atoms with Gasteiger partial charge in [-0.15, -0.1) is 0 Å². The fourth-order valence-electron chi connectivity index (χ4n) is 2.58. The molecule has 0 aromatic carbocycles. The van der Waals surface area contributed by atoms with Gasteiger partial charge in [0.1, 0.15) is 0 Å². The molecule has 0 aliphatic heterocycles. The number of esters is 1. The number of ether oxygens (including phenoxy) is 1. The molecule has 1 unspecified atom stereocenters. The summed E-state index contributed by atoms with van der Waals surface area (Å²) >= 11 is 0. The van der Waals surface area contributed by atoms with Crippen molar-refractivity contribution >= 4 is 35.5 Å². The Morgan fingerprint density at radius 3 is 1.57 bits per heavy atom. The van der Waals surface area contributed by atoms with Crippen molar-refractivity contribution in [1.29, 1.82) is 0 Å². The molecule has 0 radical (unpaired) electrons. The molecule has 23 heavy (non-hydrogen) atoms. The number of carbonyl (C=O) groups excluding carboxylic acids is 1. The van der Waals surface area contributed by atoms with Crippen LogP contribution >= 0.6 is 0 Å². The first-order chi connectivity index (χ1) is 10.7. The zero-order valence-electron chi connectivity index (χ0n) is 14.9. The van der Waals surface area contributed by atoms with E-state index in [9.17, 15) is 9.90 Å². The van der Waals surface area contributed by atoms with Crippen molar-refractivity contribution in [1.82, 2.24) is 0 Å².